The second-order valence-corrected chi connectivity index (χ2v) is 9.63. The fourth-order valence-corrected chi connectivity index (χ4v) is 6.07. The molecule has 0 bridgehead atoms. The number of piperidine rings is 1. The molecule has 0 radical (unpaired) electrons. The number of thiazole rings is 1. The van der Waals surface area contributed by atoms with Crippen LogP contribution in [0.2, 0.25) is 4.47 Å². The van der Waals surface area contributed by atoms with Crippen molar-refractivity contribution < 1.29 is 0 Å². The van der Waals surface area contributed by atoms with Gasteiger partial charge in [-0.2, -0.15) is 0 Å². The molecule has 2 aliphatic rings. The monoisotopic (exact) mass is 486 g/mol. The summed E-state index contributed by atoms with van der Waals surface area (Å²) in [6, 6.07) is -0.00801. The second-order valence-electron chi connectivity index (χ2n) is 6.81. The lowest BCUT2D eigenvalue weighted by Crippen LogP contribution is -2.45. The number of imidazole rings is 1. The molecule has 1 fully saturated rings. The number of nitrogens with two attached hydrogens (primary N) is 1. The molecule has 0 saturated carbocycles. The van der Waals surface area contributed by atoms with Crippen LogP contribution in [0, 0.1) is 8.99 Å². The largest absolute Gasteiger partial charge is 0.342 e. The van der Waals surface area contributed by atoms with Crippen LogP contribution in [0.15, 0.2) is 18.6 Å². The highest BCUT2D eigenvalue weighted by Crippen LogP contribution is 2.52. The van der Waals surface area contributed by atoms with E-state index in [2.05, 4.69) is 46.8 Å². The number of hydrogen-bond donors (Lipinski definition) is 1. The number of hydrogen-bond acceptors (Lipinski definition) is 6. The van der Waals surface area contributed by atoms with Crippen LogP contribution >= 0.6 is 45.5 Å². The first kappa shape index (κ1) is 16.2. The van der Waals surface area contributed by atoms with E-state index in [9.17, 15) is 0 Å². The summed E-state index contributed by atoms with van der Waals surface area (Å²) in [4.78, 5) is 17.2. The molecule has 1 aliphatic carbocycles. The highest BCUT2D eigenvalue weighted by molar-refractivity contribution is 14.1. The molecule has 1 spiro atoms. The minimum absolute atomic E-state index is 0.00801. The first-order valence-corrected chi connectivity index (χ1v) is 10.5. The van der Waals surface area contributed by atoms with Gasteiger partial charge in [0.05, 0.1) is 15.3 Å². The molecule has 0 aromatic carbocycles. The lowest BCUT2D eigenvalue weighted by molar-refractivity contribution is 0.185. The van der Waals surface area contributed by atoms with Gasteiger partial charge in [0.25, 0.3) is 0 Å². The van der Waals surface area contributed by atoms with Crippen LogP contribution in [0.25, 0.3) is 5.65 Å². The van der Waals surface area contributed by atoms with Gasteiger partial charge >= 0.3 is 0 Å². The number of nitrogens with zero attached hydrogens (tertiary/aromatic N) is 5. The molecule has 130 valence electrons. The topological polar surface area (TPSA) is 72.3 Å². The Morgan fingerprint density at radius 2 is 2.12 bits per heavy atom. The third-order valence-corrected chi connectivity index (χ3v) is 7.51. The number of rotatable bonds is 1. The SMILES string of the molecule is NC1c2nc(Cl)sc2CC12CCN(c1ncc(I)c3nccn13)CC2. The van der Waals surface area contributed by atoms with Gasteiger partial charge in [0, 0.05) is 36.6 Å². The highest BCUT2D eigenvalue weighted by atomic mass is 127. The zero-order chi connectivity index (χ0) is 17.2. The van der Waals surface area contributed by atoms with Crippen molar-refractivity contribution in [1.82, 2.24) is 19.4 Å². The second kappa shape index (κ2) is 5.77. The third-order valence-electron chi connectivity index (χ3n) is 5.57. The molecule has 3 aromatic heterocycles. The van der Waals surface area contributed by atoms with Crippen molar-refractivity contribution in [3.8, 4) is 0 Å². The highest BCUT2D eigenvalue weighted by Gasteiger charge is 2.48. The summed E-state index contributed by atoms with van der Waals surface area (Å²) in [6.07, 6.45) is 8.79. The van der Waals surface area contributed by atoms with Crippen LogP contribution in [-0.4, -0.2) is 32.4 Å². The number of halogens is 2. The van der Waals surface area contributed by atoms with E-state index in [0.29, 0.717) is 4.47 Å². The first-order valence-electron chi connectivity index (χ1n) is 8.21. The number of fused-ring (bicyclic) bond motifs is 2. The third kappa shape index (κ3) is 2.41. The van der Waals surface area contributed by atoms with E-state index in [1.807, 2.05) is 18.6 Å². The molecule has 4 heterocycles. The van der Waals surface area contributed by atoms with E-state index in [0.717, 1.165) is 53.2 Å². The molecule has 3 aromatic rings. The van der Waals surface area contributed by atoms with E-state index >= 15 is 0 Å². The van der Waals surface area contributed by atoms with Crippen LogP contribution in [0.1, 0.15) is 29.5 Å². The average Bonchev–Trinajstić information content (AvgIpc) is 3.27. The van der Waals surface area contributed by atoms with Crippen molar-refractivity contribution in [2.75, 3.05) is 18.0 Å². The van der Waals surface area contributed by atoms with Gasteiger partial charge in [-0.3, -0.25) is 4.40 Å². The Kier molecular flexibility index (Phi) is 3.74. The molecule has 9 heteroatoms. The first-order chi connectivity index (χ1) is 12.1. The molecular weight excluding hydrogens is 471 g/mol. The summed E-state index contributed by atoms with van der Waals surface area (Å²) in [6.45, 7) is 1.88. The molecule has 1 saturated heterocycles. The normalized spacial score (nSPS) is 22.0. The van der Waals surface area contributed by atoms with Crippen LogP contribution in [-0.2, 0) is 6.42 Å². The van der Waals surface area contributed by atoms with Crippen molar-refractivity contribution in [2.45, 2.75) is 25.3 Å². The van der Waals surface area contributed by atoms with Crippen molar-refractivity contribution in [2.24, 2.45) is 11.1 Å². The number of aromatic nitrogens is 4. The van der Waals surface area contributed by atoms with E-state index < -0.39 is 0 Å². The van der Waals surface area contributed by atoms with E-state index in [1.54, 1.807) is 11.3 Å². The van der Waals surface area contributed by atoms with Gasteiger partial charge in [-0.1, -0.05) is 11.6 Å². The minimum atomic E-state index is -0.00801. The van der Waals surface area contributed by atoms with Crippen LogP contribution < -0.4 is 10.6 Å². The Bertz CT molecular complexity index is 961. The quantitative estimate of drug-likeness (QED) is 0.535. The van der Waals surface area contributed by atoms with Crippen LogP contribution in [0.4, 0.5) is 5.95 Å². The van der Waals surface area contributed by atoms with Gasteiger partial charge < -0.3 is 10.6 Å². The molecule has 0 amide bonds. The maximum atomic E-state index is 6.58. The summed E-state index contributed by atoms with van der Waals surface area (Å²) in [5, 5.41) is 0. The van der Waals surface area contributed by atoms with Gasteiger partial charge in [0.1, 0.15) is 0 Å². The summed E-state index contributed by atoms with van der Waals surface area (Å²) in [5.74, 6) is 0.963. The molecule has 1 atom stereocenters. The fourth-order valence-electron chi connectivity index (χ4n) is 4.17. The minimum Gasteiger partial charge on any atom is -0.342 e. The summed E-state index contributed by atoms with van der Waals surface area (Å²) in [5.41, 5.74) is 8.68. The Morgan fingerprint density at radius 3 is 2.88 bits per heavy atom. The van der Waals surface area contributed by atoms with Crippen molar-refractivity contribution in [3.63, 3.8) is 0 Å². The van der Waals surface area contributed by atoms with E-state index in [-0.39, 0.29) is 11.5 Å². The number of anilines is 1. The molecule has 5 rings (SSSR count). The molecule has 1 unspecified atom stereocenters. The van der Waals surface area contributed by atoms with E-state index in [4.69, 9.17) is 17.3 Å². The lowest BCUT2D eigenvalue weighted by Gasteiger charge is -2.42. The fraction of sp³-hybridized carbons (Fsp3) is 0.438. The summed E-state index contributed by atoms with van der Waals surface area (Å²) >= 11 is 9.92. The Hall–Kier alpha value is -0.970. The maximum Gasteiger partial charge on any atom is 0.211 e. The summed E-state index contributed by atoms with van der Waals surface area (Å²) < 4.78 is 3.75. The Labute approximate surface area is 167 Å². The van der Waals surface area contributed by atoms with Gasteiger partial charge in [-0.25, -0.2) is 15.0 Å². The predicted octanol–water partition coefficient (Wildman–Crippen LogP) is 3.29. The Morgan fingerprint density at radius 1 is 1.32 bits per heavy atom. The molecule has 1 aliphatic heterocycles. The summed E-state index contributed by atoms with van der Waals surface area (Å²) in [7, 11) is 0. The molecular formula is C16H16ClIN6S. The lowest BCUT2D eigenvalue weighted by atomic mass is 9.74. The zero-order valence-electron chi connectivity index (χ0n) is 13.3. The van der Waals surface area contributed by atoms with Crippen molar-refractivity contribution in [1.29, 1.82) is 0 Å². The zero-order valence-corrected chi connectivity index (χ0v) is 17.1. The van der Waals surface area contributed by atoms with E-state index in [1.165, 1.54) is 4.88 Å². The van der Waals surface area contributed by atoms with Gasteiger partial charge in [0.2, 0.25) is 5.95 Å². The van der Waals surface area contributed by atoms with Crippen molar-refractivity contribution in [3.05, 3.63) is 37.2 Å². The van der Waals surface area contributed by atoms with Crippen LogP contribution in [0.5, 0.6) is 0 Å². The molecule has 2 N–H and O–H groups in total. The Balaban J connectivity index is 1.41. The smallest absolute Gasteiger partial charge is 0.211 e. The van der Waals surface area contributed by atoms with Gasteiger partial charge in [-0.15, -0.1) is 11.3 Å². The van der Waals surface area contributed by atoms with Gasteiger partial charge in [0.15, 0.2) is 10.1 Å². The predicted molar refractivity (Wildman–Crippen MR) is 107 cm³/mol. The molecule has 25 heavy (non-hydrogen) atoms. The molecule has 6 nitrogen and oxygen atoms in total. The standard InChI is InChI=1S/C16H16ClIN6S/c17-14-22-11-10(25-14)7-16(12(11)19)1-4-23(5-2-16)15-21-8-9(18)13-20-3-6-24(13)15/h3,6,8,12H,1-2,4-5,7,19H2. The maximum absolute atomic E-state index is 6.58. The average molecular weight is 487 g/mol. The van der Waals surface area contributed by atoms with Gasteiger partial charge in [-0.05, 0) is 47.3 Å². The van der Waals surface area contributed by atoms with Crippen molar-refractivity contribution >= 4 is 57.1 Å². The van der Waals surface area contributed by atoms with Crippen LogP contribution in [0.3, 0.4) is 0 Å².